The number of nitrogens with two attached hydrogens (primary N) is 1. The fourth-order valence-electron chi connectivity index (χ4n) is 2.49. The molecule has 0 bridgehead atoms. The molecule has 1 heterocycles. The van der Waals surface area contributed by atoms with Crippen LogP contribution in [-0.2, 0) is 6.42 Å². The van der Waals surface area contributed by atoms with E-state index in [9.17, 15) is 0 Å². The van der Waals surface area contributed by atoms with Crippen LogP contribution < -0.4 is 10.5 Å². The molecule has 4 nitrogen and oxygen atoms in total. The normalized spacial score (nSPS) is 28.1. The molecule has 0 aromatic carbocycles. The molecule has 3 atom stereocenters. The number of hydrogen-bond acceptors (Lipinski definition) is 4. The number of anilines is 1. The third-order valence-electron chi connectivity index (χ3n) is 3.92. The Kier molecular flexibility index (Phi) is 4.04. The monoisotopic (exact) mass is 249 g/mol. The van der Waals surface area contributed by atoms with Crippen LogP contribution in [0.25, 0.3) is 0 Å². The van der Waals surface area contributed by atoms with Crippen LogP contribution >= 0.6 is 0 Å². The molecular weight excluding hydrogens is 226 g/mol. The summed E-state index contributed by atoms with van der Waals surface area (Å²) in [7, 11) is 0. The summed E-state index contributed by atoms with van der Waals surface area (Å²) in [5.41, 5.74) is 5.76. The first-order valence-electron chi connectivity index (χ1n) is 6.88. The molecule has 3 unspecified atom stereocenters. The van der Waals surface area contributed by atoms with Gasteiger partial charge in [0.1, 0.15) is 17.7 Å². The zero-order chi connectivity index (χ0) is 13.1. The summed E-state index contributed by atoms with van der Waals surface area (Å²) >= 11 is 0. The Morgan fingerprint density at radius 1 is 1.28 bits per heavy atom. The van der Waals surface area contributed by atoms with E-state index in [1.165, 1.54) is 6.42 Å². The van der Waals surface area contributed by atoms with Gasteiger partial charge in [-0.1, -0.05) is 20.8 Å². The molecule has 0 amide bonds. The predicted octanol–water partition coefficient (Wildman–Crippen LogP) is 2.82. The molecule has 1 aliphatic rings. The highest BCUT2D eigenvalue weighted by Crippen LogP contribution is 2.31. The minimum atomic E-state index is 0.273. The smallest absolute Gasteiger partial charge is 0.218 e. The molecule has 1 aliphatic carbocycles. The lowest BCUT2D eigenvalue weighted by molar-refractivity contribution is 0.0962. The summed E-state index contributed by atoms with van der Waals surface area (Å²) in [5, 5.41) is 0. The topological polar surface area (TPSA) is 61.0 Å². The lowest BCUT2D eigenvalue weighted by Crippen LogP contribution is -2.29. The number of nitrogen functional groups attached to an aromatic ring is 1. The van der Waals surface area contributed by atoms with E-state index in [-0.39, 0.29) is 6.10 Å². The van der Waals surface area contributed by atoms with E-state index in [1.807, 2.05) is 6.92 Å². The highest BCUT2D eigenvalue weighted by Gasteiger charge is 2.26. The fraction of sp³-hybridized carbons (Fsp3) is 0.714. The molecule has 2 N–H and O–H groups in total. The summed E-state index contributed by atoms with van der Waals surface area (Å²) in [6, 6.07) is 1.72. The van der Waals surface area contributed by atoms with Crippen LogP contribution in [0.15, 0.2) is 6.07 Å². The van der Waals surface area contributed by atoms with Crippen molar-refractivity contribution in [3.63, 3.8) is 0 Å². The molecule has 0 spiro atoms. The van der Waals surface area contributed by atoms with Gasteiger partial charge in [-0.15, -0.1) is 0 Å². The maximum atomic E-state index is 5.97. The zero-order valence-electron chi connectivity index (χ0n) is 11.5. The molecule has 0 radical (unpaired) electrons. The summed E-state index contributed by atoms with van der Waals surface area (Å²) < 4.78 is 5.97. The third-order valence-corrected chi connectivity index (χ3v) is 3.92. The number of ether oxygens (including phenoxy) is 1. The van der Waals surface area contributed by atoms with E-state index in [0.29, 0.717) is 17.6 Å². The Hall–Kier alpha value is -1.32. The maximum Gasteiger partial charge on any atom is 0.218 e. The van der Waals surface area contributed by atoms with Gasteiger partial charge < -0.3 is 10.5 Å². The van der Waals surface area contributed by atoms with Gasteiger partial charge in [0.15, 0.2) is 0 Å². The highest BCUT2D eigenvalue weighted by molar-refractivity contribution is 5.32. The molecule has 1 aromatic heterocycles. The summed E-state index contributed by atoms with van der Waals surface area (Å²) in [5.74, 6) is 3.39. The first-order chi connectivity index (χ1) is 8.58. The van der Waals surface area contributed by atoms with Crippen molar-refractivity contribution in [1.82, 2.24) is 9.97 Å². The second-order valence-electron chi connectivity index (χ2n) is 5.41. The van der Waals surface area contributed by atoms with Gasteiger partial charge in [0.2, 0.25) is 5.88 Å². The third kappa shape index (κ3) is 3.12. The number of hydrogen-bond donors (Lipinski definition) is 1. The number of nitrogens with zero attached hydrogens (tertiary/aromatic N) is 2. The molecule has 0 aliphatic heterocycles. The highest BCUT2D eigenvalue weighted by atomic mass is 16.5. The SMILES string of the molecule is CCc1nc(N)cc(OC2CCC(C)C(C)C2)n1. The first kappa shape index (κ1) is 13.1. The van der Waals surface area contributed by atoms with E-state index in [2.05, 4.69) is 23.8 Å². The Morgan fingerprint density at radius 2 is 2.06 bits per heavy atom. The van der Waals surface area contributed by atoms with Crippen molar-refractivity contribution in [2.24, 2.45) is 11.8 Å². The van der Waals surface area contributed by atoms with Crippen LogP contribution in [0.3, 0.4) is 0 Å². The lowest BCUT2D eigenvalue weighted by Gasteiger charge is -2.31. The van der Waals surface area contributed by atoms with Gasteiger partial charge in [0.25, 0.3) is 0 Å². The van der Waals surface area contributed by atoms with Gasteiger partial charge in [-0.05, 0) is 31.1 Å². The quantitative estimate of drug-likeness (QED) is 0.894. The van der Waals surface area contributed by atoms with Gasteiger partial charge in [0.05, 0.1) is 0 Å². The molecular formula is C14H23N3O. The molecule has 1 saturated carbocycles. The minimum Gasteiger partial charge on any atom is -0.474 e. The van der Waals surface area contributed by atoms with Gasteiger partial charge in [-0.3, -0.25) is 0 Å². The average molecular weight is 249 g/mol. The molecule has 1 aromatic rings. The van der Waals surface area contributed by atoms with E-state index >= 15 is 0 Å². The number of rotatable bonds is 3. The van der Waals surface area contributed by atoms with E-state index in [0.717, 1.165) is 31.0 Å². The van der Waals surface area contributed by atoms with Crippen LogP contribution in [0, 0.1) is 11.8 Å². The lowest BCUT2D eigenvalue weighted by atomic mass is 9.80. The van der Waals surface area contributed by atoms with Crippen LogP contribution in [-0.4, -0.2) is 16.1 Å². The molecule has 18 heavy (non-hydrogen) atoms. The number of aryl methyl sites for hydroxylation is 1. The van der Waals surface area contributed by atoms with E-state index < -0.39 is 0 Å². The Balaban J connectivity index is 2.03. The standard InChI is InChI=1S/C14H23N3O/c1-4-13-16-12(15)8-14(17-13)18-11-6-5-9(2)10(3)7-11/h8-11H,4-7H2,1-3H3,(H2,15,16,17). The summed E-state index contributed by atoms with van der Waals surface area (Å²) in [6.45, 7) is 6.63. The van der Waals surface area contributed by atoms with Crippen LogP contribution in [0.5, 0.6) is 5.88 Å². The van der Waals surface area contributed by atoms with Crippen molar-refractivity contribution in [2.75, 3.05) is 5.73 Å². The van der Waals surface area contributed by atoms with Crippen molar-refractivity contribution in [3.8, 4) is 5.88 Å². The van der Waals surface area contributed by atoms with Crippen molar-refractivity contribution in [1.29, 1.82) is 0 Å². The van der Waals surface area contributed by atoms with Gasteiger partial charge in [-0.25, -0.2) is 4.98 Å². The van der Waals surface area contributed by atoms with E-state index in [1.54, 1.807) is 6.07 Å². The first-order valence-corrected chi connectivity index (χ1v) is 6.88. The molecule has 4 heteroatoms. The molecule has 1 fully saturated rings. The van der Waals surface area contributed by atoms with Gasteiger partial charge >= 0.3 is 0 Å². The van der Waals surface area contributed by atoms with Crippen LogP contribution in [0.2, 0.25) is 0 Å². The Morgan fingerprint density at radius 3 is 2.72 bits per heavy atom. The van der Waals surface area contributed by atoms with Crippen LogP contribution in [0.1, 0.15) is 45.9 Å². The fourth-order valence-corrected chi connectivity index (χ4v) is 2.49. The summed E-state index contributed by atoms with van der Waals surface area (Å²) in [4.78, 5) is 8.54. The second kappa shape index (κ2) is 5.55. The Bertz CT molecular complexity index is 408. The predicted molar refractivity (Wildman–Crippen MR) is 72.4 cm³/mol. The van der Waals surface area contributed by atoms with Crippen molar-refractivity contribution in [3.05, 3.63) is 11.9 Å². The molecule has 100 valence electrons. The molecule has 2 rings (SSSR count). The van der Waals surface area contributed by atoms with Crippen LogP contribution in [0.4, 0.5) is 5.82 Å². The van der Waals surface area contributed by atoms with Gasteiger partial charge in [-0.2, -0.15) is 4.98 Å². The largest absolute Gasteiger partial charge is 0.474 e. The average Bonchev–Trinajstić information content (AvgIpc) is 2.33. The molecule has 0 saturated heterocycles. The Labute approximate surface area is 109 Å². The maximum absolute atomic E-state index is 5.97. The van der Waals surface area contributed by atoms with Crippen molar-refractivity contribution in [2.45, 2.75) is 52.6 Å². The van der Waals surface area contributed by atoms with Gasteiger partial charge in [0, 0.05) is 12.5 Å². The number of aromatic nitrogens is 2. The second-order valence-corrected chi connectivity index (χ2v) is 5.41. The van der Waals surface area contributed by atoms with E-state index in [4.69, 9.17) is 10.5 Å². The zero-order valence-corrected chi connectivity index (χ0v) is 11.5. The van der Waals surface area contributed by atoms with Crippen molar-refractivity contribution < 1.29 is 4.74 Å². The summed E-state index contributed by atoms with van der Waals surface area (Å²) in [6.07, 6.45) is 4.49. The van der Waals surface area contributed by atoms with Crippen molar-refractivity contribution >= 4 is 5.82 Å². The minimum absolute atomic E-state index is 0.273.